The maximum atomic E-state index is 4.19. The first kappa shape index (κ1) is 18.2. The lowest BCUT2D eigenvalue weighted by Gasteiger charge is -2.02. The first-order valence-corrected chi connectivity index (χ1v) is 9.25. The first-order chi connectivity index (χ1) is 10.4. The van der Waals surface area contributed by atoms with Gasteiger partial charge in [-0.25, -0.2) is 0 Å². The molecule has 0 aliphatic heterocycles. The highest BCUT2D eigenvalue weighted by Crippen LogP contribution is 2.12. The lowest BCUT2D eigenvalue weighted by atomic mass is 10.0. The third kappa shape index (κ3) is 9.65. The van der Waals surface area contributed by atoms with Crippen molar-refractivity contribution in [2.75, 3.05) is 0 Å². The van der Waals surface area contributed by atoms with Gasteiger partial charge in [0.05, 0.1) is 5.69 Å². The Kier molecular flexibility index (Phi) is 11.1. The molecule has 21 heavy (non-hydrogen) atoms. The summed E-state index contributed by atoms with van der Waals surface area (Å²) in [5, 5.41) is 8.27. The van der Waals surface area contributed by atoms with Crippen LogP contribution < -0.4 is 0 Å². The van der Waals surface area contributed by atoms with Crippen molar-refractivity contribution in [2.24, 2.45) is 0 Å². The van der Waals surface area contributed by atoms with Gasteiger partial charge in [-0.3, -0.25) is 4.68 Å². The fourth-order valence-corrected chi connectivity index (χ4v) is 2.75. The molecule has 1 rings (SSSR count). The predicted octanol–water partition coefficient (Wildman–Crippen LogP) is 5.54. The number of aromatic nitrogens is 3. The van der Waals surface area contributed by atoms with E-state index >= 15 is 0 Å². The predicted molar refractivity (Wildman–Crippen MR) is 90.5 cm³/mol. The second-order valence-corrected chi connectivity index (χ2v) is 6.20. The van der Waals surface area contributed by atoms with E-state index in [-0.39, 0.29) is 0 Å². The normalized spacial score (nSPS) is 11.1. The minimum atomic E-state index is 0.922. The van der Waals surface area contributed by atoms with Crippen LogP contribution in [0.3, 0.4) is 0 Å². The minimum absolute atomic E-state index is 0.922. The van der Waals surface area contributed by atoms with Crippen LogP contribution in [0, 0.1) is 0 Å². The van der Waals surface area contributed by atoms with E-state index in [4.69, 9.17) is 0 Å². The number of hydrogen-bond acceptors (Lipinski definition) is 2. The van der Waals surface area contributed by atoms with Crippen molar-refractivity contribution >= 4 is 0 Å². The third-order valence-electron chi connectivity index (χ3n) is 4.20. The molecule has 0 aromatic carbocycles. The molecule has 1 aromatic rings. The average Bonchev–Trinajstić information content (AvgIpc) is 2.96. The summed E-state index contributed by atoms with van der Waals surface area (Å²) in [6, 6.07) is 0. The molecule has 0 saturated carbocycles. The van der Waals surface area contributed by atoms with Crippen molar-refractivity contribution in [2.45, 2.75) is 104 Å². The summed E-state index contributed by atoms with van der Waals surface area (Å²) in [6.45, 7) is 5.31. The quantitative estimate of drug-likeness (QED) is 0.421. The maximum absolute atomic E-state index is 4.19. The number of aryl methyl sites for hydroxylation is 2. The van der Waals surface area contributed by atoms with Crippen LogP contribution in [0.1, 0.15) is 96.6 Å². The molecule has 0 saturated heterocycles. The van der Waals surface area contributed by atoms with E-state index in [0.29, 0.717) is 0 Å². The first-order valence-electron chi connectivity index (χ1n) is 9.25. The fourth-order valence-electron chi connectivity index (χ4n) is 2.75. The summed E-state index contributed by atoms with van der Waals surface area (Å²) in [6.07, 6.45) is 20.0. The van der Waals surface area contributed by atoms with Gasteiger partial charge in [-0.05, 0) is 19.8 Å². The smallest absolute Gasteiger partial charge is 0.0827 e. The Morgan fingerprint density at radius 1 is 0.762 bits per heavy atom. The van der Waals surface area contributed by atoms with E-state index in [2.05, 4.69) is 30.4 Å². The van der Waals surface area contributed by atoms with Gasteiger partial charge in [0, 0.05) is 12.7 Å². The Morgan fingerprint density at radius 3 is 1.76 bits per heavy atom. The Hall–Kier alpha value is -0.860. The number of hydrogen-bond donors (Lipinski definition) is 0. The molecule has 0 amide bonds. The van der Waals surface area contributed by atoms with Gasteiger partial charge in [0.2, 0.25) is 0 Å². The molecule has 0 spiro atoms. The van der Waals surface area contributed by atoms with Gasteiger partial charge in [0.15, 0.2) is 0 Å². The molecule has 0 fully saturated rings. The van der Waals surface area contributed by atoms with Crippen LogP contribution in [0.2, 0.25) is 0 Å². The Labute approximate surface area is 131 Å². The fraction of sp³-hybridized carbons (Fsp3) is 0.889. The largest absolute Gasteiger partial charge is 0.253 e. The van der Waals surface area contributed by atoms with Gasteiger partial charge in [0.25, 0.3) is 0 Å². The lowest BCUT2D eigenvalue weighted by molar-refractivity contribution is 0.543. The highest BCUT2D eigenvalue weighted by atomic mass is 15.4. The summed E-state index contributed by atoms with van der Waals surface area (Å²) in [5.74, 6) is 0. The third-order valence-corrected chi connectivity index (χ3v) is 4.20. The summed E-state index contributed by atoms with van der Waals surface area (Å²) in [4.78, 5) is 0. The van der Waals surface area contributed by atoms with Crippen molar-refractivity contribution in [3.63, 3.8) is 0 Å². The Morgan fingerprint density at radius 2 is 1.29 bits per heavy atom. The van der Waals surface area contributed by atoms with Crippen molar-refractivity contribution < 1.29 is 0 Å². The SMILES string of the molecule is CCCCCCCCCCCCCCc1cn(CC)nn1. The van der Waals surface area contributed by atoms with Crippen LogP contribution in [-0.4, -0.2) is 15.0 Å². The van der Waals surface area contributed by atoms with E-state index in [1.165, 1.54) is 77.0 Å². The molecule has 0 aliphatic carbocycles. The minimum Gasteiger partial charge on any atom is -0.253 e. The molecule has 1 heterocycles. The molecule has 0 N–H and O–H groups in total. The van der Waals surface area contributed by atoms with E-state index in [0.717, 1.165) is 18.7 Å². The van der Waals surface area contributed by atoms with Crippen molar-refractivity contribution in [1.29, 1.82) is 0 Å². The lowest BCUT2D eigenvalue weighted by Crippen LogP contribution is -1.93. The standard InChI is InChI=1S/C18H35N3/c1-3-5-6-7-8-9-10-11-12-13-14-15-16-18-17-21(4-2)20-19-18/h17H,3-16H2,1-2H3. The molecule has 0 unspecified atom stereocenters. The summed E-state index contributed by atoms with van der Waals surface area (Å²) < 4.78 is 1.91. The molecule has 3 nitrogen and oxygen atoms in total. The molecule has 3 heteroatoms. The van der Waals surface area contributed by atoms with E-state index < -0.39 is 0 Å². The molecule has 1 aromatic heterocycles. The molecule has 122 valence electrons. The topological polar surface area (TPSA) is 30.7 Å². The zero-order valence-electron chi connectivity index (χ0n) is 14.3. The van der Waals surface area contributed by atoms with Crippen LogP contribution >= 0.6 is 0 Å². The van der Waals surface area contributed by atoms with Crippen LogP contribution in [0.25, 0.3) is 0 Å². The molecule has 0 radical (unpaired) electrons. The highest BCUT2D eigenvalue weighted by Gasteiger charge is 1.99. The van der Waals surface area contributed by atoms with Crippen LogP contribution in [0.4, 0.5) is 0 Å². The summed E-state index contributed by atoms with van der Waals surface area (Å²) in [7, 11) is 0. The molecule has 0 aliphatic rings. The van der Waals surface area contributed by atoms with E-state index in [1.54, 1.807) is 0 Å². The van der Waals surface area contributed by atoms with Gasteiger partial charge in [0.1, 0.15) is 0 Å². The number of rotatable bonds is 14. The Balaban J connectivity index is 1.80. The number of unbranched alkanes of at least 4 members (excludes halogenated alkanes) is 11. The van der Waals surface area contributed by atoms with Crippen LogP contribution in [-0.2, 0) is 13.0 Å². The average molecular weight is 293 g/mol. The molecular formula is C18H35N3. The number of nitrogens with zero attached hydrogens (tertiary/aromatic N) is 3. The van der Waals surface area contributed by atoms with Gasteiger partial charge < -0.3 is 0 Å². The zero-order valence-corrected chi connectivity index (χ0v) is 14.3. The van der Waals surface area contributed by atoms with Crippen LogP contribution in [0.15, 0.2) is 6.20 Å². The monoisotopic (exact) mass is 293 g/mol. The van der Waals surface area contributed by atoms with Crippen molar-refractivity contribution in [3.05, 3.63) is 11.9 Å². The maximum Gasteiger partial charge on any atom is 0.0827 e. The van der Waals surface area contributed by atoms with Gasteiger partial charge in [-0.15, -0.1) is 5.10 Å². The van der Waals surface area contributed by atoms with E-state index in [1.807, 2.05) is 4.68 Å². The summed E-state index contributed by atoms with van der Waals surface area (Å²) in [5.41, 5.74) is 1.16. The molecular weight excluding hydrogens is 258 g/mol. The second kappa shape index (κ2) is 12.8. The van der Waals surface area contributed by atoms with Gasteiger partial charge >= 0.3 is 0 Å². The van der Waals surface area contributed by atoms with E-state index in [9.17, 15) is 0 Å². The van der Waals surface area contributed by atoms with Crippen molar-refractivity contribution in [1.82, 2.24) is 15.0 Å². The molecule has 0 atom stereocenters. The zero-order chi connectivity index (χ0) is 15.2. The van der Waals surface area contributed by atoms with Crippen LogP contribution in [0.5, 0.6) is 0 Å². The molecule has 0 bridgehead atoms. The van der Waals surface area contributed by atoms with Gasteiger partial charge in [-0.1, -0.05) is 82.8 Å². The highest BCUT2D eigenvalue weighted by molar-refractivity contribution is 4.91. The van der Waals surface area contributed by atoms with Gasteiger partial charge in [-0.2, -0.15) is 0 Å². The summed E-state index contributed by atoms with van der Waals surface area (Å²) >= 11 is 0. The Bertz CT molecular complexity index is 333. The second-order valence-electron chi connectivity index (χ2n) is 6.20. The van der Waals surface area contributed by atoms with Crippen molar-refractivity contribution in [3.8, 4) is 0 Å².